The van der Waals surface area contributed by atoms with E-state index in [0.29, 0.717) is 23.4 Å². The van der Waals surface area contributed by atoms with Crippen LogP contribution in [0.2, 0.25) is 0 Å². The second-order valence-electron chi connectivity index (χ2n) is 7.93. The van der Waals surface area contributed by atoms with E-state index in [1.165, 1.54) is 9.87 Å². The summed E-state index contributed by atoms with van der Waals surface area (Å²) in [6.07, 6.45) is 6.59. The van der Waals surface area contributed by atoms with E-state index in [1.54, 1.807) is 24.4 Å². The largest absolute Gasteiger partial charge is 0.457 e. The number of nitrogens with zero attached hydrogens (tertiary/aromatic N) is 1. The van der Waals surface area contributed by atoms with Crippen LogP contribution in [0.15, 0.2) is 41.4 Å². The molecule has 0 atom stereocenters. The van der Waals surface area contributed by atoms with Crippen LogP contribution in [-0.2, 0) is 32.4 Å². The molecule has 0 spiro atoms. The van der Waals surface area contributed by atoms with E-state index in [9.17, 15) is 18.0 Å². The molecule has 2 aromatic rings. The highest BCUT2D eigenvalue weighted by molar-refractivity contribution is 7.89. The van der Waals surface area contributed by atoms with Crippen LogP contribution in [0.25, 0.3) is 0 Å². The van der Waals surface area contributed by atoms with Crippen molar-refractivity contribution >= 4 is 21.8 Å². The number of nitrogens with one attached hydrogen (secondary N) is 1. The summed E-state index contributed by atoms with van der Waals surface area (Å²) in [6, 6.07) is 8.78. The maximum atomic E-state index is 13.1. The van der Waals surface area contributed by atoms with Crippen molar-refractivity contribution < 1.29 is 22.7 Å². The van der Waals surface area contributed by atoms with E-state index >= 15 is 0 Å². The predicted octanol–water partition coefficient (Wildman–Crippen LogP) is 2.72. The molecule has 1 N–H and O–H groups in total. The number of ether oxygens (including phenoxy) is 1. The fourth-order valence-corrected chi connectivity index (χ4v) is 5.71. The Kier molecular flexibility index (Phi) is 6.06. The summed E-state index contributed by atoms with van der Waals surface area (Å²) in [4.78, 5) is 27.4. The van der Waals surface area contributed by atoms with E-state index in [4.69, 9.17) is 4.74 Å². The molecule has 1 aliphatic carbocycles. The second-order valence-corrected chi connectivity index (χ2v) is 9.87. The zero-order valence-corrected chi connectivity index (χ0v) is 17.6. The van der Waals surface area contributed by atoms with Gasteiger partial charge >= 0.3 is 5.97 Å². The predicted molar refractivity (Wildman–Crippen MR) is 111 cm³/mol. The molecular weight excluding hydrogens is 404 g/mol. The minimum atomic E-state index is -3.58. The van der Waals surface area contributed by atoms with Gasteiger partial charge in [-0.1, -0.05) is 6.07 Å². The van der Waals surface area contributed by atoms with Crippen LogP contribution in [0, 0.1) is 5.92 Å². The molecule has 1 aromatic carbocycles. The lowest BCUT2D eigenvalue weighted by atomic mass is 9.92. The number of benzene rings is 1. The van der Waals surface area contributed by atoms with Gasteiger partial charge in [-0.15, -0.1) is 0 Å². The Morgan fingerprint density at radius 1 is 1.07 bits per heavy atom. The lowest BCUT2D eigenvalue weighted by Gasteiger charge is -2.30. The number of aromatic amines is 1. The van der Waals surface area contributed by atoms with Gasteiger partial charge in [0, 0.05) is 19.3 Å². The van der Waals surface area contributed by atoms with Crippen LogP contribution in [0.1, 0.15) is 47.3 Å². The molecule has 1 aromatic heterocycles. The van der Waals surface area contributed by atoms with Crippen LogP contribution < -0.4 is 0 Å². The molecule has 160 valence electrons. The Hall–Kier alpha value is -2.45. The quantitative estimate of drug-likeness (QED) is 0.561. The van der Waals surface area contributed by atoms with Crippen molar-refractivity contribution in [2.24, 2.45) is 5.92 Å². The molecule has 30 heavy (non-hydrogen) atoms. The lowest BCUT2D eigenvalue weighted by molar-refractivity contribution is -0.148. The number of sulfonamides is 1. The summed E-state index contributed by atoms with van der Waals surface area (Å²) in [5.41, 5.74) is 2.77. The molecule has 0 radical (unpaired) electrons. The van der Waals surface area contributed by atoms with Gasteiger partial charge in [0.1, 0.15) is 0 Å². The van der Waals surface area contributed by atoms with Crippen LogP contribution in [0.3, 0.4) is 0 Å². The lowest BCUT2D eigenvalue weighted by Crippen LogP contribution is -2.40. The molecule has 0 saturated carbocycles. The Morgan fingerprint density at radius 3 is 2.50 bits per heavy atom. The first-order valence-corrected chi connectivity index (χ1v) is 11.8. The molecule has 2 aliphatic rings. The smallest absolute Gasteiger partial charge is 0.309 e. The van der Waals surface area contributed by atoms with Gasteiger partial charge in [0.2, 0.25) is 15.8 Å². The number of aryl methyl sites for hydroxylation is 2. The van der Waals surface area contributed by atoms with Crippen LogP contribution in [0.4, 0.5) is 0 Å². The number of ketones is 1. The van der Waals surface area contributed by atoms with Gasteiger partial charge in [-0.3, -0.25) is 9.59 Å². The summed E-state index contributed by atoms with van der Waals surface area (Å²) in [5.74, 6) is -1.13. The standard InChI is InChI=1S/C22H26N2O5S/c25-21(20-6-3-11-23-20)15-29-22(26)17-9-12-24(13-10-17)30(27,28)19-8-7-16-4-1-2-5-18(16)14-19/h3,6-8,11,14,17,23H,1-2,4-5,9-10,12-13,15H2. The molecular formula is C22H26N2O5S. The fraction of sp³-hybridized carbons (Fsp3) is 0.455. The molecule has 0 unspecified atom stereocenters. The van der Waals surface area contributed by atoms with E-state index in [-0.39, 0.29) is 25.5 Å². The molecule has 1 fully saturated rings. The van der Waals surface area contributed by atoms with E-state index < -0.39 is 21.9 Å². The topological polar surface area (TPSA) is 96.5 Å². The average Bonchev–Trinajstić information content (AvgIpc) is 3.32. The van der Waals surface area contributed by atoms with Crippen molar-refractivity contribution in [2.75, 3.05) is 19.7 Å². The summed E-state index contributed by atoms with van der Waals surface area (Å²) < 4.78 is 32.7. The van der Waals surface area contributed by atoms with Gasteiger partial charge in [0.15, 0.2) is 6.61 Å². The maximum absolute atomic E-state index is 13.1. The first-order valence-electron chi connectivity index (χ1n) is 10.4. The Morgan fingerprint density at radius 2 is 1.80 bits per heavy atom. The highest BCUT2D eigenvalue weighted by Crippen LogP contribution is 2.28. The summed E-state index contributed by atoms with van der Waals surface area (Å²) in [5, 5.41) is 0. The first-order chi connectivity index (χ1) is 14.4. The number of aromatic nitrogens is 1. The Bertz CT molecular complexity index is 1020. The minimum Gasteiger partial charge on any atom is -0.457 e. The number of piperidine rings is 1. The number of carbonyl (C=O) groups excluding carboxylic acids is 2. The van der Waals surface area contributed by atoms with Crippen molar-refractivity contribution in [3.63, 3.8) is 0 Å². The third-order valence-electron chi connectivity index (χ3n) is 5.99. The second kappa shape index (κ2) is 8.73. The molecule has 1 aliphatic heterocycles. The molecule has 7 nitrogen and oxygen atoms in total. The summed E-state index contributed by atoms with van der Waals surface area (Å²) >= 11 is 0. The number of carbonyl (C=O) groups is 2. The van der Waals surface area contributed by atoms with Crippen molar-refractivity contribution in [3.8, 4) is 0 Å². The normalized spacial score (nSPS) is 18.0. The first kappa shape index (κ1) is 20.8. The van der Waals surface area contributed by atoms with Crippen LogP contribution in [-0.4, -0.2) is 49.2 Å². The highest BCUT2D eigenvalue weighted by atomic mass is 32.2. The summed E-state index contributed by atoms with van der Waals surface area (Å²) in [7, 11) is -3.58. The fourth-order valence-electron chi connectivity index (χ4n) is 4.19. The number of hydrogen-bond donors (Lipinski definition) is 1. The van der Waals surface area contributed by atoms with Crippen LogP contribution in [0.5, 0.6) is 0 Å². The van der Waals surface area contributed by atoms with Gasteiger partial charge in [-0.2, -0.15) is 4.31 Å². The van der Waals surface area contributed by atoms with Crippen LogP contribution >= 0.6 is 0 Å². The zero-order chi connectivity index (χ0) is 21.1. The molecule has 2 heterocycles. The molecule has 1 saturated heterocycles. The highest BCUT2D eigenvalue weighted by Gasteiger charge is 2.33. The van der Waals surface area contributed by atoms with Gasteiger partial charge < -0.3 is 9.72 Å². The van der Waals surface area contributed by atoms with Crippen molar-refractivity contribution in [3.05, 3.63) is 53.3 Å². The summed E-state index contributed by atoms with van der Waals surface area (Å²) in [6.45, 7) is 0.223. The monoisotopic (exact) mass is 430 g/mol. The number of fused-ring (bicyclic) bond motifs is 1. The van der Waals surface area contributed by atoms with E-state index in [0.717, 1.165) is 31.2 Å². The van der Waals surface area contributed by atoms with Crippen molar-refractivity contribution in [2.45, 2.75) is 43.4 Å². The molecule has 0 bridgehead atoms. The molecule has 0 amide bonds. The van der Waals surface area contributed by atoms with Crippen molar-refractivity contribution in [1.29, 1.82) is 0 Å². The van der Waals surface area contributed by atoms with Gasteiger partial charge in [0.05, 0.1) is 16.5 Å². The third-order valence-corrected chi connectivity index (χ3v) is 7.88. The van der Waals surface area contributed by atoms with E-state index in [1.807, 2.05) is 12.1 Å². The molecule has 4 rings (SSSR count). The molecule has 8 heteroatoms. The zero-order valence-electron chi connectivity index (χ0n) is 16.8. The average molecular weight is 431 g/mol. The third kappa shape index (κ3) is 4.34. The van der Waals surface area contributed by atoms with Gasteiger partial charge in [-0.05, 0) is 73.9 Å². The van der Waals surface area contributed by atoms with E-state index in [2.05, 4.69) is 4.98 Å². The number of rotatable bonds is 6. The number of hydrogen-bond acceptors (Lipinski definition) is 5. The number of esters is 1. The van der Waals surface area contributed by atoms with Gasteiger partial charge in [-0.25, -0.2) is 8.42 Å². The SMILES string of the molecule is O=C(COC(=O)C1CCN(S(=O)(=O)c2ccc3c(c2)CCCC3)CC1)c1ccc[nH]1. The Balaban J connectivity index is 1.33. The number of Topliss-reactive ketones (excluding diaryl/α,β-unsaturated/α-hetero) is 1. The number of H-pyrrole nitrogens is 1. The maximum Gasteiger partial charge on any atom is 0.309 e. The van der Waals surface area contributed by atoms with Gasteiger partial charge in [0.25, 0.3) is 0 Å². The minimum absolute atomic E-state index is 0.268. The van der Waals surface area contributed by atoms with Crippen molar-refractivity contribution in [1.82, 2.24) is 9.29 Å². The Labute approximate surface area is 176 Å².